The molecule has 1 heterocycles. The molecule has 0 amide bonds. The van der Waals surface area contributed by atoms with Crippen LogP contribution < -0.4 is 5.32 Å². The Bertz CT molecular complexity index is 663. The molecule has 142 valence electrons. The zero-order chi connectivity index (χ0) is 19.3. The first kappa shape index (κ1) is 20.4. The van der Waals surface area contributed by atoms with Gasteiger partial charge in [0.25, 0.3) is 0 Å². The van der Waals surface area contributed by atoms with Crippen LogP contribution in [0.5, 0.6) is 0 Å². The first-order valence-electron chi connectivity index (χ1n) is 8.98. The van der Waals surface area contributed by atoms with Crippen molar-refractivity contribution in [2.45, 2.75) is 46.1 Å². The van der Waals surface area contributed by atoms with Gasteiger partial charge in [-0.3, -0.25) is 4.79 Å². The standard InChI is InChI=1S/C20H27NO4S/c1-5-24-19(23)16-15(12-21-17(16)26)11-8-13-6-9-14(10-7-13)18(22)25-20(2,3)4/h6-7,9-10,15-16H,5,8,11-12H2,1-4H3,(H,21,26). The largest absolute Gasteiger partial charge is 0.465 e. The molecule has 1 fully saturated rings. The van der Waals surface area contributed by atoms with Gasteiger partial charge < -0.3 is 14.8 Å². The van der Waals surface area contributed by atoms with Gasteiger partial charge in [0.1, 0.15) is 11.5 Å². The molecule has 0 radical (unpaired) electrons. The fourth-order valence-corrected chi connectivity index (χ4v) is 3.34. The molecular formula is C20H27NO4S. The second-order valence-electron chi connectivity index (χ2n) is 7.47. The first-order valence-corrected chi connectivity index (χ1v) is 9.38. The third kappa shape index (κ3) is 5.53. The highest BCUT2D eigenvalue weighted by molar-refractivity contribution is 7.80. The number of rotatable bonds is 6. The lowest BCUT2D eigenvalue weighted by Crippen LogP contribution is -2.28. The minimum absolute atomic E-state index is 0.132. The Morgan fingerprint density at radius 2 is 1.88 bits per heavy atom. The summed E-state index contributed by atoms with van der Waals surface area (Å²) in [5.74, 6) is -0.789. The number of hydrogen-bond donors (Lipinski definition) is 1. The molecule has 26 heavy (non-hydrogen) atoms. The summed E-state index contributed by atoms with van der Waals surface area (Å²) in [4.78, 5) is 24.7. The van der Waals surface area contributed by atoms with Crippen molar-refractivity contribution in [3.63, 3.8) is 0 Å². The highest BCUT2D eigenvalue weighted by Crippen LogP contribution is 2.26. The van der Waals surface area contributed by atoms with E-state index < -0.39 is 5.60 Å². The third-order valence-electron chi connectivity index (χ3n) is 4.23. The van der Waals surface area contributed by atoms with Crippen LogP contribution in [0.15, 0.2) is 24.3 Å². The van der Waals surface area contributed by atoms with Gasteiger partial charge in [-0.15, -0.1) is 0 Å². The SMILES string of the molecule is CCOC(=O)C1C(=S)NCC1CCc1ccc(C(=O)OC(C)(C)C)cc1. The Morgan fingerprint density at radius 1 is 1.23 bits per heavy atom. The van der Waals surface area contributed by atoms with Gasteiger partial charge in [-0.2, -0.15) is 0 Å². The minimum Gasteiger partial charge on any atom is -0.465 e. The molecule has 1 N–H and O–H groups in total. The molecular weight excluding hydrogens is 350 g/mol. The van der Waals surface area contributed by atoms with Crippen molar-refractivity contribution >= 4 is 29.1 Å². The molecule has 1 aromatic rings. The van der Waals surface area contributed by atoms with Crippen LogP contribution >= 0.6 is 12.2 Å². The van der Waals surface area contributed by atoms with Crippen LogP contribution in [0.2, 0.25) is 0 Å². The van der Waals surface area contributed by atoms with Crippen LogP contribution in [0.3, 0.4) is 0 Å². The monoisotopic (exact) mass is 377 g/mol. The van der Waals surface area contributed by atoms with Gasteiger partial charge in [0, 0.05) is 6.54 Å². The average molecular weight is 378 g/mol. The lowest BCUT2D eigenvalue weighted by atomic mass is 9.90. The van der Waals surface area contributed by atoms with Gasteiger partial charge >= 0.3 is 11.9 Å². The highest BCUT2D eigenvalue weighted by atomic mass is 32.1. The van der Waals surface area contributed by atoms with Crippen molar-refractivity contribution in [1.29, 1.82) is 0 Å². The van der Waals surface area contributed by atoms with E-state index in [0.29, 0.717) is 23.7 Å². The minimum atomic E-state index is -0.508. The maximum absolute atomic E-state index is 12.1. The van der Waals surface area contributed by atoms with Crippen LogP contribution in [0.25, 0.3) is 0 Å². The van der Waals surface area contributed by atoms with Crippen molar-refractivity contribution in [2.24, 2.45) is 11.8 Å². The van der Waals surface area contributed by atoms with Gasteiger partial charge in [0.05, 0.1) is 17.2 Å². The quantitative estimate of drug-likeness (QED) is 0.606. The van der Waals surface area contributed by atoms with Crippen LogP contribution in [0.1, 0.15) is 50.0 Å². The molecule has 1 aliphatic rings. The topological polar surface area (TPSA) is 64.6 Å². The maximum Gasteiger partial charge on any atom is 0.338 e. The van der Waals surface area contributed by atoms with Gasteiger partial charge in [-0.1, -0.05) is 24.4 Å². The van der Waals surface area contributed by atoms with E-state index in [1.165, 1.54) is 0 Å². The first-order chi connectivity index (χ1) is 12.2. The molecule has 0 saturated carbocycles. The van der Waals surface area contributed by atoms with E-state index in [9.17, 15) is 9.59 Å². The van der Waals surface area contributed by atoms with Crippen molar-refractivity contribution in [3.8, 4) is 0 Å². The number of aryl methyl sites for hydroxylation is 1. The van der Waals surface area contributed by atoms with Crippen molar-refractivity contribution in [1.82, 2.24) is 5.32 Å². The summed E-state index contributed by atoms with van der Waals surface area (Å²) < 4.78 is 10.5. The summed E-state index contributed by atoms with van der Waals surface area (Å²) in [7, 11) is 0. The maximum atomic E-state index is 12.1. The van der Waals surface area contributed by atoms with Crippen LogP contribution in [0.4, 0.5) is 0 Å². The van der Waals surface area contributed by atoms with E-state index in [-0.39, 0.29) is 23.8 Å². The Balaban J connectivity index is 1.94. The molecule has 2 unspecified atom stereocenters. The number of carbonyl (C=O) groups excluding carboxylic acids is 2. The molecule has 2 atom stereocenters. The van der Waals surface area contributed by atoms with Crippen LogP contribution in [-0.2, 0) is 20.7 Å². The molecule has 5 nitrogen and oxygen atoms in total. The Morgan fingerprint density at radius 3 is 2.46 bits per heavy atom. The fraction of sp³-hybridized carbons (Fsp3) is 0.550. The predicted molar refractivity (Wildman–Crippen MR) is 104 cm³/mol. The van der Waals surface area contributed by atoms with E-state index in [1.807, 2.05) is 32.9 Å². The van der Waals surface area contributed by atoms with E-state index in [1.54, 1.807) is 19.1 Å². The molecule has 0 bridgehead atoms. The zero-order valence-electron chi connectivity index (χ0n) is 15.8. The van der Waals surface area contributed by atoms with E-state index in [4.69, 9.17) is 21.7 Å². The number of benzene rings is 1. The lowest BCUT2D eigenvalue weighted by molar-refractivity contribution is -0.146. The Hall–Kier alpha value is -1.95. The Kier molecular flexibility index (Phi) is 6.75. The fourth-order valence-electron chi connectivity index (χ4n) is 2.97. The summed E-state index contributed by atoms with van der Waals surface area (Å²) in [6.07, 6.45) is 1.63. The molecule has 0 aromatic heterocycles. The average Bonchev–Trinajstić information content (AvgIpc) is 2.93. The number of hydrogen-bond acceptors (Lipinski definition) is 5. The summed E-state index contributed by atoms with van der Waals surface area (Å²) in [5, 5.41) is 3.11. The van der Waals surface area contributed by atoms with Gasteiger partial charge in [0.2, 0.25) is 0 Å². The number of nitrogens with one attached hydrogen (secondary N) is 1. The molecule has 0 spiro atoms. The number of thiocarbonyl (C=S) groups is 1. The van der Waals surface area contributed by atoms with Crippen molar-refractivity contribution in [3.05, 3.63) is 35.4 Å². The molecule has 1 aromatic carbocycles. The molecule has 2 rings (SSSR count). The van der Waals surface area contributed by atoms with E-state index >= 15 is 0 Å². The highest BCUT2D eigenvalue weighted by Gasteiger charge is 2.38. The molecule has 1 saturated heterocycles. The number of carbonyl (C=O) groups is 2. The molecule has 6 heteroatoms. The van der Waals surface area contributed by atoms with Crippen LogP contribution in [0, 0.1) is 11.8 Å². The lowest BCUT2D eigenvalue weighted by Gasteiger charge is -2.19. The Labute approximate surface area is 160 Å². The van der Waals surface area contributed by atoms with Crippen LogP contribution in [-0.4, -0.2) is 35.7 Å². The predicted octanol–water partition coefficient (Wildman–Crippen LogP) is 3.30. The van der Waals surface area contributed by atoms with Gasteiger partial charge in [-0.25, -0.2) is 4.79 Å². The molecule has 0 aliphatic carbocycles. The second-order valence-corrected chi connectivity index (χ2v) is 7.91. The van der Waals surface area contributed by atoms with Crippen molar-refractivity contribution < 1.29 is 19.1 Å². The normalized spacial score (nSPS) is 19.8. The summed E-state index contributed by atoms with van der Waals surface area (Å²) >= 11 is 5.26. The van der Waals surface area contributed by atoms with Gasteiger partial charge in [-0.05, 0) is 64.2 Å². The van der Waals surface area contributed by atoms with Gasteiger partial charge in [0.15, 0.2) is 0 Å². The molecule has 1 aliphatic heterocycles. The second kappa shape index (κ2) is 8.62. The van der Waals surface area contributed by atoms with E-state index in [0.717, 1.165) is 18.4 Å². The third-order valence-corrected chi connectivity index (χ3v) is 4.62. The number of esters is 2. The smallest absolute Gasteiger partial charge is 0.338 e. The zero-order valence-corrected chi connectivity index (χ0v) is 16.7. The van der Waals surface area contributed by atoms with Crippen molar-refractivity contribution in [2.75, 3.05) is 13.2 Å². The summed E-state index contributed by atoms with van der Waals surface area (Å²) in [6.45, 7) is 8.39. The van der Waals surface area contributed by atoms with E-state index in [2.05, 4.69) is 5.32 Å². The number of ether oxygens (including phenoxy) is 2. The summed E-state index contributed by atoms with van der Waals surface area (Å²) in [6, 6.07) is 7.42. The summed E-state index contributed by atoms with van der Waals surface area (Å²) in [5.41, 5.74) is 1.14.